The summed E-state index contributed by atoms with van der Waals surface area (Å²) in [6.45, 7) is 1.39. The van der Waals surface area contributed by atoms with Gasteiger partial charge in [0.05, 0.1) is 0 Å². The summed E-state index contributed by atoms with van der Waals surface area (Å²) in [4.78, 5) is 35.0. The Morgan fingerprint density at radius 3 is 2.68 bits per heavy atom. The molecule has 6 nitrogen and oxygen atoms in total. The second kappa shape index (κ2) is 6.57. The van der Waals surface area contributed by atoms with E-state index in [9.17, 15) is 14.4 Å². The highest BCUT2D eigenvalue weighted by atomic mass is 79.9. The van der Waals surface area contributed by atoms with Crippen LogP contribution in [-0.2, 0) is 11.3 Å². The van der Waals surface area contributed by atoms with Gasteiger partial charge in [-0.25, -0.2) is 0 Å². The number of amides is 1. The third kappa shape index (κ3) is 3.62. The van der Waals surface area contributed by atoms with Crippen LogP contribution in [0.1, 0.15) is 15.9 Å². The lowest BCUT2D eigenvalue weighted by atomic mass is 10.2. The molecule has 1 heterocycles. The number of rotatable bonds is 4. The number of carbonyl (C=O) groups is 2. The fourth-order valence-electron chi connectivity index (χ4n) is 1.90. The first-order valence-electron chi connectivity index (χ1n) is 6.37. The Morgan fingerprint density at radius 1 is 1.32 bits per heavy atom. The summed E-state index contributed by atoms with van der Waals surface area (Å²) in [6.07, 6.45) is 1.33. The van der Waals surface area contributed by atoms with Crippen molar-refractivity contribution in [3.8, 4) is 0 Å². The lowest BCUT2D eigenvalue weighted by molar-refractivity contribution is -0.137. The fraction of sp³-hybridized carbons (Fsp3) is 0.133. The second-order valence-electron chi connectivity index (χ2n) is 4.67. The molecule has 2 aromatic rings. The Hall–Kier alpha value is -2.41. The van der Waals surface area contributed by atoms with Crippen LogP contribution in [0.2, 0.25) is 0 Å². The molecule has 0 fully saturated rings. The Balaban J connectivity index is 2.28. The zero-order valence-corrected chi connectivity index (χ0v) is 13.3. The maximum atomic E-state index is 12.2. The molecule has 0 saturated carbocycles. The number of anilines is 1. The van der Waals surface area contributed by atoms with Crippen molar-refractivity contribution >= 4 is 33.5 Å². The van der Waals surface area contributed by atoms with Crippen LogP contribution in [0.5, 0.6) is 0 Å². The average Bonchev–Trinajstić information content (AvgIpc) is 2.44. The summed E-state index contributed by atoms with van der Waals surface area (Å²) in [6, 6.07) is 8.08. The van der Waals surface area contributed by atoms with Crippen LogP contribution in [0.15, 0.2) is 45.8 Å². The van der Waals surface area contributed by atoms with Gasteiger partial charge in [-0.2, -0.15) is 0 Å². The van der Waals surface area contributed by atoms with Crippen molar-refractivity contribution in [3.63, 3.8) is 0 Å². The van der Waals surface area contributed by atoms with Crippen LogP contribution < -0.4 is 10.9 Å². The van der Waals surface area contributed by atoms with Crippen LogP contribution in [0.25, 0.3) is 0 Å². The quantitative estimate of drug-likeness (QED) is 0.870. The number of hydrogen-bond donors (Lipinski definition) is 2. The first-order valence-corrected chi connectivity index (χ1v) is 7.16. The summed E-state index contributed by atoms with van der Waals surface area (Å²) in [5, 5.41) is 11.4. The summed E-state index contributed by atoms with van der Waals surface area (Å²) in [7, 11) is 0. The van der Waals surface area contributed by atoms with E-state index in [1.807, 2.05) is 6.92 Å². The second-order valence-corrected chi connectivity index (χ2v) is 5.52. The maximum absolute atomic E-state index is 12.2. The number of hydrogen-bond acceptors (Lipinski definition) is 3. The predicted molar refractivity (Wildman–Crippen MR) is 85.2 cm³/mol. The number of nitrogens with one attached hydrogen (secondary N) is 1. The minimum atomic E-state index is -1.15. The number of benzene rings is 1. The molecule has 0 spiro atoms. The molecule has 1 amide bonds. The van der Waals surface area contributed by atoms with Crippen molar-refractivity contribution < 1.29 is 14.7 Å². The van der Waals surface area contributed by atoms with Crippen LogP contribution >= 0.6 is 15.9 Å². The first-order chi connectivity index (χ1) is 10.4. The number of aryl methyl sites for hydroxylation is 1. The summed E-state index contributed by atoms with van der Waals surface area (Å²) < 4.78 is 1.89. The van der Waals surface area contributed by atoms with E-state index < -0.39 is 24.0 Å². The molecule has 0 radical (unpaired) electrons. The van der Waals surface area contributed by atoms with Gasteiger partial charge in [0, 0.05) is 16.4 Å². The molecular formula is C15H13BrN2O4. The molecule has 0 saturated heterocycles. The zero-order chi connectivity index (χ0) is 16.3. The Kier molecular flexibility index (Phi) is 4.77. The summed E-state index contributed by atoms with van der Waals surface area (Å²) in [5.41, 5.74) is 0.744. The molecule has 0 aliphatic heterocycles. The molecule has 7 heteroatoms. The Morgan fingerprint density at radius 2 is 2.05 bits per heavy atom. The van der Waals surface area contributed by atoms with Crippen LogP contribution in [0.3, 0.4) is 0 Å². The van der Waals surface area contributed by atoms with Crippen LogP contribution in [0, 0.1) is 6.92 Å². The number of nitrogens with zero attached hydrogens (tertiary/aromatic N) is 1. The van der Waals surface area contributed by atoms with E-state index in [4.69, 9.17) is 5.11 Å². The number of aromatic nitrogens is 1. The number of pyridine rings is 1. The monoisotopic (exact) mass is 364 g/mol. The highest BCUT2D eigenvalue weighted by Gasteiger charge is 2.13. The summed E-state index contributed by atoms with van der Waals surface area (Å²) >= 11 is 3.36. The molecule has 1 aromatic carbocycles. The third-order valence-corrected chi connectivity index (χ3v) is 3.88. The molecule has 2 N–H and O–H groups in total. The van der Waals surface area contributed by atoms with E-state index in [1.54, 1.807) is 18.2 Å². The van der Waals surface area contributed by atoms with Crippen molar-refractivity contribution in [2.24, 2.45) is 0 Å². The van der Waals surface area contributed by atoms with E-state index in [0.717, 1.165) is 14.6 Å². The Bertz CT molecular complexity index is 798. The normalized spacial score (nSPS) is 10.3. The van der Waals surface area contributed by atoms with Crippen LogP contribution in [0.4, 0.5) is 5.69 Å². The molecule has 0 unspecified atom stereocenters. The van der Waals surface area contributed by atoms with Crippen molar-refractivity contribution in [3.05, 3.63) is 62.5 Å². The zero-order valence-electron chi connectivity index (χ0n) is 11.7. The highest BCUT2D eigenvalue weighted by Crippen LogP contribution is 2.20. The predicted octanol–water partition coefficient (Wildman–Crippen LogP) is 2.26. The standard InChI is InChI=1S/C15H13BrN2O4/c1-9-7-10(4-5-12(9)16)17-14(21)11-3-2-6-18(15(11)22)8-13(19)20/h2-7H,8H2,1H3,(H,17,21)(H,19,20). The molecule has 114 valence electrons. The molecule has 0 aliphatic carbocycles. The Labute approximate surface area is 134 Å². The van der Waals surface area contributed by atoms with Crippen molar-refractivity contribution in [1.82, 2.24) is 4.57 Å². The van der Waals surface area contributed by atoms with Gasteiger partial charge in [-0.15, -0.1) is 0 Å². The molecule has 0 bridgehead atoms. The van der Waals surface area contributed by atoms with Gasteiger partial charge in [0.2, 0.25) is 0 Å². The number of carboxylic acids is 1. The maximum Gasteiger partial charge on any atom is 0.323 e. The minimum absolute atomic E-state index is 0.107. The van der Waals surface area contributed by atoms with Gasteiger partial charge in [0.1, 0.15) is 12.1 Å². The highest BCUT2D eigenvalue weighted by molar-refractivity contribution is 9.10. The third-order valence-electron chi connectivity index (χ3n) is 2.99. The van der Waals surface area contributed by atoms with E-state index in [2.05, 4.69) is 21.2 Å². The lowest BCUT2D eigenvalue weighted by Crippen LogP contribution is -2.30. The van der Waals surface area contributed by atoms with E-state index in [0.29, 0.717) is 5.69 Å². The minimum Gasteiger partial charge on any atom is -0.480 e. The topological polar surface area (TPSA) is 88.4 Å². The van der Waals surface area contributed by atoms with Gasteiger partial charge in [-0.05, 0) is 42.8 Å². The number of halogens is 1. The first kappa shape index (κ1) is 16.0. The lowest BCUT2D eigenvalue weighted by Gasteiger charge is -2.08. The number of carbonyl (C=O) groups excluding carboxylic acids is 1. The fourth-order valence-corrected chi connectivity index (χ4v) is 2.15. The van der Waals surface area contributed by atoms with Gasteiger partial charge in [0.25, 0.3) is 11.5 Å². The molecule has 2 rings (SSSR count). The van der Waals surface area contributed by atoms with E-state index in [1.165, 1.54) is 18.3 Å². The molecule has 0 atom stereocenters. The van der Waals surface area contributed by atoms with Crippen molar-refractivity contribution in [2.75, 3.05) is 5.32 Å². The number of carboxylic acid groups (broad SMARTS) is 1. The molecular weight excluding hydrogens is 352 g/mol. The van der Waals surface area contributed by atoms with Gasteiger partial charge in [-0.1, -0.05) is 15.9 Å². The van der Waals surface area contributed by atoms with E-state index in [-0.39, 0.29) is 5.56 Å². The van der Waals surface area contributed by atoms with Gasteiger partial charge in [-0.3, -0.25) is 14.4 Å². The van der Waals surface area contributed by atoms with E-state index >= 15 is 0 Å². The smallest absolute Gasteiger partial charge is 0.323 e. The average molecular weight is 365 g/mol. The molecule has 0 aliphatic rings. The summed E-state index contributed by atoms with van der Waals surface area (Å²) in [5.74, 6) is -1.73. The van der Waals surface area contributed by atoms with Crippen molar-refractivity contribution in [2.45, 2.75) is 13.5 Å². The van der Waals surface area contributed by atoms with Crippen molar-refractivity contribution in [1.29, 1.82) is 0 Å². The SMILES string of the molecule is Cc1cc(NC(=O)c2cccn(CC(=O)O)c2=O)ccc1Br. The largest absolute Gasteiger partial charge is 0.480 e. The van der Waals surface area contributed by atoms with Gasteiger partial charge >= 0.3 is 5.97 Å². The van der Waals surface area contributed by atoms with Crippen LogP contribution in [-0.4, -0.2) is 21.6 Å². The molecule has 1 aromatic heterocycles. The number of aliphatic carboxylic acids is 1. The van der Waals surface area contributed by atoms with Gasteiger partial charge in [0.15, 0.2) is 0 Å². The van der Waals surface area contributed by atoms with Gasteiger partial charge < -0.3 is 15.0 Å². The molecule has 22 heavy (non-hydrogen) atoms.